The van der Waals surface area contributed by atoms with Crippen LogP contribution in [0.3, 0.4) is 0 Å². The van der Waals surface area contributed by atoms with Gasteiger partial charge in [0.1, 0.15) is 12.2 Å². The Labute approximate surface area is 130 Å². The highest BCUT2D eigenvalue weighted by Crippen LogP contribution is 2.30. The maximum Gasteiger partial charge on any atom is 0.105 e. The maximum atomic E-state index is 9.98. The van der Waals surface area contributed by atoms with E-state index >= 15 is 0 Å². The van der Waals surface area contributed by atoms with Crippen molar-refractivity contribution in [3.05, 3.63) is 36.5 Å². The number of hydrogen-bond donors (Lipinski definition) is 1. The van der Waals surface area contributed by atoms with E-state index in [0.717, 1.165) is 12.3 Å². The molecule has 4 unspecified atom stereocenters. The first-order valence-corrected chi connectivity index (χ1v) is 8.27. The van der Waals surface area contributed by atoms with Crippen LogP contribution in [0.5, 0.6) is 0 Å². The summed E-state index contributed by atoms with van der Waals surface area (Å²) in [5.74, 6) is 1.93. The molecule has 0 saturated carbocycles. The fraction of sp³-hybridized carbons (Fsp3) is 0.684. The van der Waals surface area contributed by atoms with E-state index in [1.807, 2.05) is 12.2 Å². The minimum Gasteiger partial charge on any atom is -0.386 e. The Morgan fingerprint density at radius 3 is 2.52 bits per heavy atom. The van der Waals surface area contributed by atoms with E-state index in [1.165, 1.54) is 24.8 Å². The average molecular weight is 292 g/mol. The summed E-state index contributed by atoms with van der Waals surface area (Å²) in [6.45, 7) is 10.9. The first-order valence-electron chi connectivity index (χ1n) is 8.27. The number of allylic oxidation sites excluding steroid dienone is 3. The molecule has 0 aromatic rings. The van der Waals surface area contributed by atoms with E-state index in [-0.39, 0.29) is 6.10 Å². The Balaban J connectivity index is 2.55. The van der Waals surface area contributed by atoms with Crippen LogP contribution >= 0.6 is 0 Å². The minimum absolute atomic E-state index is 0.199. The molecule has 0 aromatic heterocycles. The van der Waals surface area contributed by atoms with Gasteiger partial charge in [-0.2, -0.15) is 0 Å². The zero-order valence-electron chi connectivity index (χ0n) is 14.1. The maximum absolute atomic E-state index is 9.98. The number of aliphatic hydroxyl groups is 1. The van der Waals surface area contributed by atoms with Gasteiger partial charge < -0.3 is 9.84 Å². The van der Waals surface area contributed by atoms with Gasteiger partial charge >= 0.3 is 0 Å². The molecule has 0 radical (unpaired) electrons. The molecule has 0 aromatic carbocycles. The summed E-state index contributed by atoms with van der Waals surface area (Å²) in [5, 5.41) is 9.98. The molecule has 2 heteroatoms. The molecule has 1 aliphatic carbocycles. The van der Waals surface area contributed by atoms with E-state index in [2.05, 4.69) is 39.5 Å². The molecule has 2 nitrogen and oxygen atoms in total. The summed E-state index contributed by atoms with van der Waals surface area (Å²) in [6, 6.07) is 0. The van der Waals surface area contributed by atoms with Crippen LogP contribution in [-0.4, -0.2) is 24.4 Å². The third-order valence-corrected chi connectivity index (χ3v) is 4.71. The van der Waals surface area contributed by atoms with Gasteiger partial charge in [0.2, 0.25) is 0 Å². The van der Waals surface area contributed by atoms with E-state index in [9.17, 15) is 5.11 Å². The normalized spacial score (nSPS) is 24.8. The van der Waals surface area contributed by atoms with Crippen molar-refractivity contribution >= 4 is 0 Å². The summed E-state index contributed by atoms with van der Waals surface area (Å²) >= 11 is 0. The van der Waals surface area contributed by atoms with Gasteiger partial charge in [-0.15, -0.1) is 6.58 Å². The van der Waals surface area contributed by atoms with Crippen molar-refractivity contribution in [2.75, 3.05) is 7.11 Å². The van der Waals surface area contributed by atoms with Crippen LogP contribution < -0.4 is 0 Å². The molecule has 0 heterocycles. The molecule has 0 spiro atoms. The Kier molecular flexibility index (Phi) is 7.98. The summed E-state index contributed by atoms with van der Waals surface area (Å²) in [7, 11) is 1.63. The first kappa shape index (κ1) is 18.2. The molecular formula is C19H32O2. The van der Waals surface area contributed by atoms with E-state index in [0.29, 0.717) is 11.8 Å². The molecule has 1 aliphatic rings. The lowest BCUT2D eigenvalue weighted by Crippen LogP contribution is -2.26. The monoisotopic (exact) mass is 292 g/mol. The van der Waals surface area contributed by atoms with Crippen molar-refractivity contribution in [1.29, 1.82) is 0 Å². The van der Waals surface area contributed by atoms with E-state index in [1.54, 1.807) is 7.11 Å². The van der Waals surface area contributed by atoms with Crippen LogP contribution in [0.25, 0.3) is 0 Å². The highest BCUT2D eigenvalue weighted by Gasteiger charge is 2.21. The molecular weight excluding hydrogens is 260 g/mol. The van der Waals surface area contributed by atoms with Crippen molar-refractivity contribution in [3.8, 4) is 0 Å². The van der Waals surface area contributed by atoms with Gasteiger partial charge in [0.25, 0.3) is 0 Å². The quantitative estimate of drug-likeness (QED) is 0.633. The molecule has 0 bridgehead atoms. The highest BCUT2D eigenvalue weighted by molar-refractivity contribution is 5.27. The van der Waals surface area contributed by atoms with Crippen molar-refractivity contribution < 1.29 is 9.84 Å². The van der Waals surface area contributed by atoms with Crippen LogP contribution in [0.4, 0.5) is 0 Å². The number of rotatable bonds is 9. The zero-order chi connectivity index (χ0) is 15.8. The predicted molar refractivity (Wildman–Crippen MR) is 90.2 cm³/mol. The Hall–Kier alpha value is -0.860. The lowest BCUT2D eigenvalue weighted by atomic mass is 9.80. The molecule has 0 amide bonds. The second-order valence-electron chi connectivity index (χ2n) is 6.31. The van der Waals surface area contributed by atoms with Crippen LogP contribution in [0.15, 0.2) is 36.5 Å². The summed E-state index contributed by atoms with van der Waals surface area (Å²) in [5.41, 5.74) is 1.22. The highest BCUT2D eigenvalue weighted by atomic mass is 16.5. The molecule has 1 N–H and O–H groups in total. The van der Waals surface area contributed by atoms with E-state index < -0.39 is 6.10 Å². The van der Waals surface area contributed by atoms with Crippen molar-refractivity contribution in [2.45, 2.75) is 58.7 Å². The molecule has 21 heavy (non-hydrogen) atoms. The molecule has 0 fully saturated rings. The van der Waals surface area contributed by atoms with Gasteiger partial charge in [-0.3, -0.25) is 0 Å². The van der Waals surface area contributed by atoms with Crippen LogP contribution in [0, 0.1) is 17.8 Å². The number of ether oxygens (including phenoxy) is 1. The molecule has 0 aliphatic heterocycles. The lowest BCUT2D eigenvalue weighted by Gasteiger charge is -2.26. The third kappa shape index (κ3) is 5.44. The topological polar surface area (TPSA) is 29.5 Å². The van der Waals surface area contributed by atoms with Crippen molar-refractivity contribution in [1.82, 2.24) is 0 Å². The van der Waals surface area contributed by atoms with Gasteiger partial charge in [0.15, 0.2) is 0 Å². The number of hydrogen-bond acceptors (Lipinski definition) is 2. The van der Waals surface area contributed by atoms with Gasteiger partial charge in [-0.1, -0.05) is 57.9 Å². The van der Waals surface area contributed by atoms with Gasteiger partial charge in [0, 0.05) is 7.11 Å². The van der Waals surface area contributed by atoms with Gasteiger partial charge in [-0.25, -0.2) is 0 Å². The summed E-state index contributed by atoms with van der Waals surface area (Å²) < 4.78 is 5.20. The van der Waals surface area contributed by atoms with Crippen molar-refractivity contribution in [2.24, 2.45) is 17.8 Å². The standard InChI is InChI=1S/C19H32O2/c1-6-16(7-2)17(8-3)12-14(4)11-15-9-10-19(21-5)18(20)13-15/h8-10,13-14,16-20H,3,6-7,11-12H2,1-2,4-5H3. The zero-order valence-corrected chi connectivity index (χ0v) is 14.1. The smallest absolute Gasteiger partial charge is 0.105 e. The van der Waals surface area contributed by atoms with Gasteiger partial charge in [-0.05, 0) is 36.2 Å². The second-order valence-corrected chi connectivity index (χ2v) is 6.31. The molecule has 120 valence electrons. The van der Waals surface area contributed by atoms with Gasteiger partial charge in [0.05, 0.1) is 0 Å². The lowest BCUT2D eigenvalue weighted by molar-refractivity contribution is 0.0408. The number of aliphatic hydroxyl groups excluding tert-OH is 1. The summed E-state index contributed by atoms with van der Waals surface area (Å²) in [6.07, 6.45) is 12.0. The molecule has 0 saturated heterocycles. The Bertz CT molecular complexity index is 366. The average Bonchev–Trinajstić information content (AvgIpc) is 2.47. The fourth-order valence-corrected chi connectivity index (χ4v) is 3.38. The SMILES string of the molecule is C=CC(CC(C)CC1=CC(O)C(OC)C=C1)C(CC)CC. The second kappa shape index (κ2) is 9.22. The molecule has 1 rings (SSSR count). The first-order chi connectivity index (χ1) is 10.0. The molecule has 4 atom stereocenters. The Morgan fingerprint density at radius 2 is 2.05 bits per heavy atom. The van der Waals surface area contributed by atoms with Crippen LogP contribution in [0.2, 0.25) is 0 Å². The van der Waals surface area contributed by atoms with Crippen molar-refractivity contribution in [3.63, 3.8) is 0 Å². The van der Waals surface area contributed by atoms with E-state index in [4.69, 9.17) is 4.74 Å². The van der Waals surface area contributed by atoms with Crippen LogP contribution in [0.1, 0.15) is 46.5 Å². The van der Waals surface area contributed by atoms with Crippen LogP contribution in [-0.2, 0) is 4.74 Å². The Morgan fingerprint density at radius 1 is 1.38 bits per heavy atom. The predicted octanol–water partition coefficient (Wildman–Crippen LogP) is 4.51. The minimum atomic E-state index is -0.517. The number of methoxy groups -OCH3 is 1. The third-order valence-electron chi connectivity index (χ3n) is 4.71. The fourth-order valence-electron chi connectivity index (χ4n) is 3.38. The largest absolute Gasteiger partial charge is 0.386 e. The summed E-state index contributed by atoms with van der Waals surface area (Å²) in [4.78, 5) is 0.